The van der Waals surface area contributed by atoms with Crippen molar-refractivity contribution in [2.45, 2.75) is 85.6 Å². The summed E-state index contributed by atoms with van der Waals surface area (Å²) in [6.07, 6.45) is 12.4. The number of unbranched alkanes of at least 4 members (excludes halogenated alkanes) is 1. The molecule has 3 amide bonds. The molecule has 0 spiro atoms. The molecule has 0 bridgehead atoms. The highest BCUT2D eigenvalue weighted by Gasteiger charge is 2.15. The molecule has 12 heteroatoms. The zero-order valence-electron chi connectivity index (χ0n) is 29.7. The number of aryl methyl sites for hydroxylation is 1. The van der Waals surface area contributed by atoms with Gasteiger partial charge in [0.15, 0.2) is 0 Å². The fourth-order valence-corrected chi connectivity index (χ4v) is 5.36. The molecule has 268 valence electrons. The Morgan fingerprint density at radius 2 is 1.68 bits per heavy atom. The summed E-state index contributed by atoms with van der Waals surface area (Å²) in [7, 11) is 0. The predicted octanol–water partition coefficient (Wildman–Crippen LogP) is 6.26. The number of carbonyl (C=O) groups excluding carboxylic acids is 3. The van der Waals surface area contributed by atoms with Crippen molar-refractivity contribution in [3.63, 3.8) is 0 Å². The number of phenolic OH excluding ortho intramolecular Hbond substituents is 1. The van der Waals surface area contributed by atoms with Crippen LogP contribution < -0.4 is 27.4 Å². The average molecular weight is 702 g/mol. The van der Waals surface area contributed by atoms with Crippen LogP contribution in [0.5, 0.6) is 5.75 Å². The number of benzene rings is 2. The summed E-state index contributed by atoms with van der Waals surface area (Å²) in [5.74, 6) is -0.504. The molecule has 3 aromatic rings. The van der Waals surface area contributed by atoms with E-state index in [1.165, 1.54) is 11.3 Å². The summed E-state index contributed by atoms with van der Waals surface area (Å²) >= 11 is 1.34. The number of nitrogens with one attached hydrogen (secondary N) is 3. The standard InChI is InChI=1S/C36H45N7O4S.C2H6/c1-4-5-9-24(2)20-32(45)40-31(38)19-16-29(37)12-6-7-13-34-42-43-36(48-34)41-33(46)22-26-10-8-11-27(21-26)23-39-35(47)25(3)28-14-17-30(44)18-15-28;1-2/h4-5,8-11,14-19,21,25,44H,6-7,12-13,20,22-23,37-38H2,1-3H3,(H,39,47)(H,40,45)(H,41,43,46);1-2H3/b5-4-,24-9+,29-16-,31-19+;. The molecule has 0 saturated carbocycles. The quantitative estimate of drug-likeness (QED) is 0.0704. The van der Waals surface area contributed by atoms with E-state index < -0.39 is 0 Å². The van der Waals surface area contributed by atoms with Crippen molar-refractivity contribution >= 4 is 34.2 Å². The lowest BCUT2D eigenvalue weighted by Crippen LogP contribution is -2.27. The molecule has 1 atom stereocenters. The first-order chi connectivity index (χ1) is 24.0. The van der Waals surface area contributed by atoms with Gasteiger partial charge in [-0.1, -0.05) is 85.4 Å². The normalized spacial score (nSPS) is 12.5. The van der Waals surface area contributed by atoms with Crippen LogP contribution in [0, 0.1) is 0 Å². The maximum Gasteiger partial charge on any atom is 0.230 e. The summed E-state index contributed by atoms with van der Waals surface area (Å²) in [6, 6.07) is 14.1. The van der Waals surface area contributed by atoms with E-state index in [1.807, 2.05) is 77.1 Å². The lowest BCUT2D eigenvalue weighted by atomic mass is 10.00. The maximum atomic E-state index is 12.7. The molecule has 1 unspecified atom stereocenters. The first-order valence-corrected chi connectivity index (χ1v) is 17.6. The van der Waals surface area contributed by atoms with E-state index in [1.54, 1.807) is 36.4 Å². The van der Waals surface area contributed by atoms with E-state index in [9.17, 15) is 19.5 Å². The van der Waals surface area contributed by atoms with Gasteiger partial charge in [0.25, 0.3) is 0 Å². The summed E-state index contributed by atoms with van der Waals surface area (Å²) in [6.45, 7) is 9.94. The topological polar surface area (TPSA) is 185 Å². The van der Waals surface area contributed by atoms with Crippen molar-refractivity contribution in [3.05, 3.63) is 118 Å². The first-order valence-electron chi connectivity index (χ1n) is 16.8. The number of anilines is 1. The molecule has 0 aliphatic rings. The van der Waals surface area contributed by atoms with Gasteiger partial charge in [-0.15, -0.1) is 10.2 Å². The zero-order chi connectivity index (χ0) is 36.9. The van der Waals surface area contributed by atoms with Gasteiger partial charge in [0.1, 0.15) is 16.6 Å². The second kappa shape index (κ2) is 22.4. The van der Waals surface area contributed by atoms with Crippen LogP contribution in [0.15, 0.2) is 96.0 Å². The number of hydrogen-bond donors (Lipinski definition) is 6. The average Bonchev–Trinajstić information content (AvgIpc) is 3.54. The molecule has 8 N–H and O–H groups in total. The number of aromatic hydroxyl groups is 1. The monoisotopic (exact) mass is 701 g/mol. The van der Waals surface area contributed by atoms with E-state index >= 15 is 0 Å². The van der Waals surface area contributed by atoms with Crippen LogP contribution in [0.3, 0.4) is 0 Å². The molecule has 0 saturated heterocycles. The van der Waals surface area contributed by atoms with Crippen LogP contribution in [0.4, 0.5) is 5.13 Å². The summed E-state index contributed by atoms with van der Waals surface area (Å²) in [5.41, 5.74) is 16.1. The number of amides is 3. The molecule has 2 aromatic carbocycles. The van der Waals surface area contributed by atoms with E-state index in [2.05, 4.69) is 26.1 Å². The number of nitrogens with zero attached hydrogens (tertiary/aromatic N) is 2. The van der Waals surface area contributed by atoms with Gasteiger partial charge in [-0.3, -0.25) is 14.4 Å². The Labute approximate surface area is 299 Å². The largest absolute Gasteiger partial charge is 0.508 e. The van der Waals surface area contributed by atoms with Crippen LogP contribution in [0.25, 0.3) is 0 Å². The lowest BCUT2D eigenvalue weighted by Gasteiger charge is -2.13. The van der Waals surface area contributed by atoms with Gasteiger partial charge in [0, 0.05) is 25.1 Å². The first kappa shape index (κ1) is 40.9. The van der Waals surface area contributed by atoms with Gasteiger partial charge in [0.05, 0.1) is 12.3 Å². The number of hydrogen-bond acceptors (Lipinski definition) is 9. The summed E-state index contributed by atoms with van der Waals surface area (Å²) in [4.78, 5) is 37.4. The number of allylic oxidation sites excluding steroid dienone is 6. The highest BCUT2D eigenvalue weighted by molar-refractivity contribution is 7.15. The third kappa shape index (κ3) is 15.8. The van der Waals surface area contributed by atoms with E-state index in [0.717, 1.165) is 40.1 Å². The molecule has 0 radical (unpaired) electrons. The van der Waals surface area contributed by atoms with Crippen LogP contribution in [-0.2, 0) is 33.8 Å². The number of aromatic nitrogens is 2. The Balaban J connectivity index is 0.00000425. The molecule has 0 fully saturated rings. The molecule has 1 heterocycles. The SMILES string of the molecule is C/C=C\C=C(/C)CC(=O)N/C(N)=C/C=C(\N)CCCCc1nnc(NC(=O)Cc2cccc(CNC(=O)C(C)c3ccc(O)cc3)c2)s1.CC. The third-order valence-electron chi connectivity index (χ3n) is 7.20. The molecule has 1 aromatic heterocycles. The van der Waals surface area contributed by atoms with Gasteiger partial charge in [-0.2, -0.15) is 0 Å². The lowest BCUT2D eigenvalue weighted by molar-refractivity contribution is -0.122. The zero-order valence-corrected chi connectivity index (χ0v) is 30.5. The van der Waals surface area contributed by atoms with Gasteiger partial charge in [-0.05, 0) is 81.0 Å². The van der Waals surface area contributed by atoms with Gasteiger partial charge < -0.3 is 32.5 Å². The number of nitrogens with two attached hydrogens (primary N) is 2. The van der Waals surface area contributed by atoms with Crippen LogP contribution in [-0.4, -0.2) is 33.0 Å². The second-order valence-corrected chi connectivity index (χ2v) is 12.5. The molecular formula is C38H51N7O4S. The van der Waals surface area contributed by atoms with Crippen molar-refractivity contribution in [1.82, 2.24) is 20.8 Å². The number of phenols is 1. The Kier molecular flexibility index (Phi) is 18.4. The smallest absolute Gasteiger partial charge is 0.230 e. The van der Waals surface area contributed by atoms with Crippen LogP contribution in [0.1, 0.15) is 87.9 Å². The highest BCUT2D eigenvalue weighted by atomic mass is 32.1. The van der Waals surface area contributed by atoms with Crippen molar-refractivity contribution in [2.75, 3.05) is 5.32 Å². The third-order valence-corrected chi connectivity index (χ3v) is 8.10. The Bertz CT molecular complexity index is 1660. The highest BCUT2D eigenvalue weighted by Crippen LogP contribution is 2.20. The van der Waals surface area contributed by atoms with E-state index in [0.29, 0.717) is 30.2 Å². The molecular weight excluding hydrogens is 651 g/mol. The Morgan fingerprint density at radius 1 is 0.960 bits per heavy atom. The fourth-order valence-electron chi connectivity index (χ4n) is 4.57. The van der Waals surface area contributed by atoms with Crippen molar-refractivity contribution in [1.29, 1.82) is 0 Å². The van der Waals surface area contributed by atoms with Crippen LogP contribution >= 0.6 is 11.3 Å². The Morgan fingerprint density at radius 3 is 2.40 bits per heavy atom. The minimum atomic E-state index is -0.369. The van der Waals surface area contributed by atoms with Crippen molar-refractivity contribution in [3.8, 4) is 5.75 Å². The van der Waals surface area contributed by atoms with Gasteiger partial charge in [-0.25, -0.2) is 0 Å². The summed E-state index contributed by atoms with van der Waals surface area (Å²) in [5, 5.41) is 27.4. The maximum absolute atomic E-state index is 12.7. The van der Waals surface area contributed by atoms with Gasteiger partial charge >= 0.3 is 0 Å². The second-order valence-electron chi connectivity index (χ2n) is 11.4. The van der Waals surface area contributed by atoms with Gasteiger partial charge in [0.2, 0.25) is 22.9 Å². The summed E-state index contributed by atoms with van der Waals surface area (Å²) < 4.78 is 0. The number of carbonyl (C=O) groups is 3. The van der Waals surface area contributed by atoms with Crippen LogP contribution in [0.2, 0.25) is 0 Å². The molecule has 50 heavy (non-hydrogen) atoms. The molecule has 3 rings (SSSR count). The number of rotatable bonds is 17. The minimum absolute atomic E-state index is 0.129. The minimum Gasteiger partial charge on any atom is -0.508 e. The van der Waals surface area contributed by atoms with E-state index in [4.69, 9.17) is 11.5 Å². The van der Waals surface area contributed by atoms with Crippen molar-refractivity contribution < 1.29 is 19.5 Å². The molecule has 0 aliphatic carbocycles. The van der Waals surface area contributed by atoms with E-state index in [-0.39, 0.29) is 48.1 Å². The molecule has 0 aliphatic heterocycles. The Hall–Kier alpha value is -5.23. The molecule has 11 nitrogen and oxygen atoms in total. The van der Waals surface area contributed by atoms with Crippen molar-refractivity contribution in [2.24, 2.45) is 11.5 Å². The predicted molar refractivity (Wildman–Crippen MR) is 202 cm³/mol. The fraction of sp³-hybridized carbons (Fsp3) is 0.342.